The quantitative estimate of drug-likeness (QED) is 0.699. The molecule has 2 aromatic carbocycles. The number of aromatic nitrogens is 1. The summed E-state index contributed by atoms with van der Waals surface area (Å²) in [6.07, 6.45) is 0.850. The van der Waals surface area contributed by atoms with Gasteiger partial charge in [0.15, 0.2) is 0 Å². The Bertz CT molecular complexity index is 1060. The highest BCUT2D eigenvalue weighted by molar-refractivity contribution is 7.90. The monoisotopic (exact) mass is 404 g/mol. The molecule has 0 aliphatic carbocycles. The van der Waals surface area contributed by atoms with E-state index in [9.17, 15) is 13.2 Å². The van der Waals surface area contributed by atoms with Crippen LogP contribution >= 0.6 is 11.6 Å². The van der Waals surface area contributed by atoms with Gasteiger partial charge >= 0.3 is 6.09 Å². The van der Waals surface area contributed by atoms with Gasteiger partial charge in [0.05, 0.1) is 10.6 Å². The molecule has 0 unspecified atom stereocenters. The van der Waals surface area contributed by atoms with Crippen LogP contribution in [-0.4, -0.2) is 25.5 Å². The second-order valence-electron chi connectivity index (χ2n) is 5.68. The van der Waals surface area contributed by atoms with Gasteiger partial charge in [0.25, 0.3) is 10.0 Å². The van der Waals surface area contributed by atoms with Crippen LogP contribution in [-0.2, 0) is 21.4 Å². The normalized spacial score (nSPS) is 11.2. The fourth-order valence-electron chi connectivity index (χ4n) is 2.56. The lowest BCUT2D eigenvalue weighted by atomic mass is 10.1. The van der Waals surface area contributed by atoms with Crippen LogP contribution in [0.4, 0.5) is 4.79 Å². The van der Waals surface area contributed by atoms with Crippen molar-refractivity contribution in [2.24, 2.45) is 0 Å². The lowest BCUT2D eigenvalue weighted by Crippen LogP contribution is -2.18. The van der Waals surface area contributed by atoms with Gasteiger partial charge < -0.3 is 10.1 Å². The molecule has 0 atom stereocenters. The predicted octanol–water partition coefficient (Wildman–Crippen LogP) is 3.90. The Labute approximate surface area is 162 Å². The molecule has 27 heavy (non-hydrogen) atoms. The van der Waals surface area contributed by atoms with Gasteiger partial charge in [0.2, 0.25) is 0 Å². The van der Waals surface area contributed by atoms with Crippen molar-refractivity contribution in [3.8, 4) is 11.3 Å². The summed E-state index contributed by atoms with van der Waals surface area (Å²) < 4.78 is 32.6. The maximum atomic E-state index is 13.2. The fraction of sp³-hybridized carbons (Fsp3) is 0.105. The average Bonchev–Trinajstić information content (AvgIpc) is 3.12. The molecule has 1 heterocycles. The number of rotatable bonds is 5. The molecule has 0 spiro atoms. The number of nitrogens with one attached hydrogen (secondary N) is 1. The minimum Gasteiger partial charge on any atom is -0.445 e. The van der Waals surface area contributed by atoms with E-state index < -0.39 is 16.1 Å². The van der Waals surface area contributed by atoms with Crippen LogP contribution in [0.25, 0.3) is 11.3 Å². The van der Waals surface area contributed by atoms with Gasteiger partial charge in [-0.25, -0.2) is 17.2 Å². The van der Waals surface area contributed by atoms with Crippen molar-refractivity contribution >= 4 is 27.7 Å². The molecule has 0 aliphatic heterocycles. The lowest BCUT2D eigenvalue weighted by Gasteiger charge is -2.11. The summed E-state index contributed by atoms with van der Waals surface area (Å²) in [5.74, 6) is 0. The van der Waals surface area contributed by atoms with Crippen LogP contribution in [0, 0.1) is 0 Å². The molecule has 140 valence electrons. The molecular weight excluding hydrogens is 388 g/mol. The summed E-state index contributed by atoms with van der Waals surface area (Å²) in [6, 6.07) is 16.8. The van der Waals surface area contributed by atoms with Gasteiger partial charge in [0, 0.05) is 23.8 Å². The van der Waals surface area contributed by atoms with E-state index in [2.05, 4.69) is 5.32 Å². The Hall–Kier alpha value is -2.77. The highest BCUT2D eigenvalue weighted by Crippen LogP contribution is 2.28. The molecule has 1 aromatic heterocycles. The number of ether oxygens (including phenoxy) is 1. The maximum Gasteiger partial charge on any atom is 0.407 e. The molecule has 1 N–H and O–H groups in total. The van der Waals surface area contributed by atoms with Crippen LogP contribution in [0.15, 0.2) is 71.8 Å². The van der Waals surface area contributed by atoms with Crippen molar-refractivity contribution in [2.75, 3.05) is 7.05 Å². The number of halogens is 1. The average molecular weight is 405 g/mol. The summed E-state index contributed by atoms with van der Waals surface area (Å²) in [5, 5.41) is 2.68. The highest BCUT2D eigenvalue weighted by atomic mass is 35.5. The first-order valence-corrected chi connectivity index (χ1v) is 9.86. The van der Waals surface area contributed by atoms with E-state index in [0.717, 1.165) is 0 Å². The molecule has 8 heteroatoms. The second-order valence-corrected chi connectivity index (χ2v) is 7.94. The van der Waals surface area contributed by atoms with Gasteiger partial charge in [-0.2, -0.15) is 0 Å². The van der Waals surface area contributed by atoms with Crippen LogP contribution in [0.2, 0.25) is 5.02 Å². The third kappa shape index (κ3) is 4.15. The Kier molecular flexibility index (Phi) is 5.53. The molecule has 0 aliphatic rings. The van der Waals surface area contributed by atoms with Crippen molar-refractivity contribution in [3.05, 3.63) is 77.4 Å². The summed E-state index contributed by atoms with van der Waals surface area (Å²) in [7, 11) is -2.44. The minimum absolute atomic E-state index is 0.0580. The van der Waals surface area contributed by atoms with Crippen LogP contribution in [0.3, 0.4) is 0 Å². The third-order valence-corrected chi connectivity index (χ3v) is 5.74. The SMILES string of the molecule is CNC(=O)OCc1cc(-c2ccccc2)n(S(=O)(=O)c2cccc(Cl)c2)c1. The molecule has 6 nitrogen and oxygen atoms in total. The van der Waals surface area contributed by atoms with E-state index in [-0.39, 0.29) is 11.5 Å². The van der Waals surface area contributed by atoms with E-state index in [4.69, 9.17) is 16.3 Å². The molecule has 0 saturated heterocycles. The van der Waals surface area contributed by atoms with Crippen LogP contribution in [0.5, 0.6) is 0 Å². The molecule has 0 radical (unpaired) electrons. The molecule has 1 amide bonds. The number of hydrogen-bond donors (Lipinski definition) is 1. The van der Waals surface area contributed by atoms with Gasteiger partial charge in [-0.05, 0) is 29.8 Å². The third-order valence-electron chi connectivity index (χ3n) is 3.84. The Morgan fingerprint density at radius 3 is 2.52 bits per heavy atom. The molecule has 0 fully saturated rings. The van der Waals surface area contributed by atoms with Crippen molar-refractivity contribution in [1.29, 1.82) is 0 Å². The zero-order valence-electron chi connectivity index (χ0n) is 14.4. The summed E-state index contributed by atoms with van der Waals surface area (Å²) in [4.78, 5) is 11.4. The van der Waals surface area contributed by atoms with E-state index in [1.165, 1.54) is 29.3 Å². The van der Waals surface area contributed by atoms with E-state index in [0.29, 0.717) is 21.8 Å². The Morgan fingerprint density at radius 2 is 1.85 bits per heavy atom. The van der Waals surface area contributed by atoms with Gasteiger partial charge in [-0.1, -0.05) is 48.0 Å². The van der Waals surface area contributed by atoms with Crippen molar-refractivity contribution in [2.45, 2.75) is 11.5 Å². The first-order chi connectivity index (χ1) is 12.9. The maximum absolute atomic E-state index is 13.2. The number of carbonyl (C=O) groups excluding carboxylic acids is 1. The van der Waals surface area contributed by atoms with Crippen molar-refractivity contribution < 1.29 is 17.9 Å². The Morgan fingerprint density at radius 1 is 1.11 bits per heavy atom. The lowest BCUT2D eigenvalue weighted by molar-refractivity contribution is 0.142. The number of nitrogens with zero attached hydrogens (tertiary/aromatic N) is 1. The number of benzene rings is 2. The van der Waals surface area contributed by atoms with Crippen LogP contribution in [0.1, 0.15) is 5.56 Å². The van der Waals surface area contributed by atoms with Crippen LogP contribution < -0.4 is 5.32 Å². The zero-order valence-corrected chi connectivity index (χ0v) is 16.0. The summed E-state index contributed by atoms with van der Waals surface area (Å²) >= 11 is 5.96. The molecule has 3 aromatic rings. The summed E-state index contributed by atoms with van der Waals surface area (Å²) in [5.41, 5.74) is 1.73. The van der Waals surface area contributed by atoms with E-state index >= 15 is 0 Å². The van der Waals surface area contributed by atoms with E-state index in [1.807, 2.05) is 30.3 Å². The van der Waals surface area contributed by atoms with Gasteiger partial charge in [0.1, 0.15) is 6.61 Å². The first-order valence-electron chi connectivity index (χ1n) is 8.04. The molecular formula is C19H17ClN2O4S. The molecule has 0 saturated carbocycles. The highest BCUT2D eigenvalue weighted by Gasteiger charge is 2.22. The van der Waals surface area contributed by atoms with Gasteiger partial charge in [-0.15, -0.1) is 0 Å². The van der Waals surface area contributed by atoms with Gasteiger partial charge in [-0.3, -0.25) is 0 Å². The number of hydrogen-bond acceptors (Lipinski definition) is 4. The fourth-order valence-corrected chi connectivity index (χ4v) is 4.26. The Balaban J connectivity index is 2.09. The largest absolute Gasteiger partial charge is 0.445 e. The smallest absolute Gasteiger partial charge is 0.407 e. The first kappa shape index (κ1) is 19.0. The minimum atomic E-state index is -3.89. The van der Waals surface area contributed by atoms with Crippen molar-refractivity contribution in [3.63, 3.8) is 0 Å². The molecule has 0 bridgehead atoms. The predicted molar refractivity (Wildman–Crippen MR) is 103 cm³/mol. The molecule has 3 rings (SSSR count). The topological polar surface area (TPSA) is 77.4 Å². The second kappa shape index (κ2) is 7.85. The van der Waals surface area contributed by atoms with Crippen molar-refractivity contribution in [1.82, 2.24) is 9.29 Å². The summed E-state index contributed by atoms with van der Waals surface area (Å²) in [6.45, 7) is -0.0580. The number of alkyl carbamates (subject to hydrolysis) is 1. The zero-order chi connectivity index (χ0) is 19.4. The number of carbonyl (C=O) groups is 1. The van der Waals surface area contributed by atoms with E-state index in [1.54, 1.807) is 18.2 Å². The standard InChI is InChI=1S/C19H17ClN2O4S/c1-21-19(23)26-13-14-10-18(15-6-3-2-4-7-15)22(12-14)27(24,25)17-9-5-8-16(20)11-17/h2-12H,13H2,1H3,(H,21,23). The number of amides is 1.